The number of pyridine rings is 1. The molecule has 0 saturated carbocycles. The molecule has 0 amide bonds. The standard InChI is InChI=1S/C12H10BrFN2OS/c13-9-1-2-11(15)12(4-9)18(17)7-8-3-10(14)6-16-5-8/h1-6H,7,15H2. The van der Waals surface area contributed by atoms with Crippen LogP contribution in [0.4, 0.5) is 10.1 Å². The number of nitrogens with two attached hydrogens (primary N) is 1. The van der Waals surface area contributed by atoms with Crippen molar-refractivity contribution < 1.29 is 8.60 Å². The molecule has 0 aliphatic heterocycles. The summed E-state index contributed by atoms with van der Waals surface area (Å²) in [6, 6.07) is 6.48. The van der Waals surface area contributed by atoms with Gasteiger partial charge in [-0.05, 0) is 29.8 Å². The van der Waals surface area contributed by atoms with Gasteiger partial charge in [-0.25, -0.2) is 4.39 Å². The lowest BCUT2D eigenvalue weighted by Gasteiger charge is -2.06. The smallest absolute Gasteiger partial charge is 0.141 e. The van der Waals surface area contributed by atoms with E-state index in [1.165, 1.54) is 12.3 Å². The fourth-order valence-corrected chi connectivity index (χ4v) is 3.19. The minimum atomic E-state index is -1.33. The zero-order chi connectivity index (χ0) is 13.1. The van der Waals surface area contributed by atoms with Gasteiger partial charge in [-0.1, -0.05) is 15.9 Å². The van der Waals surface area contributed by atoms with Gasteiger partial charge in [-0.3, -0.25) is 9.19 Å². The number of hydrogen-bond acceptors (Lipinski definition) is 3. The van der Waals surface area contributed by atoms with Gasteiger partial charge in [0.1, 0.15) is 5.82 Å². The van der Waals surface area contributed by atoms with Crippen molar-refractivity contribution in [2.24, 2.45) is 0 Å². The van der Waals surface area contributed by atoms with E-state index < -0.39 is 16.6 Å². The number of halogens is 2. The molecular formula is C12H10BrFN2OS. The van der Waals surface area contributed by atoms with Gasteiger partial charge in [0.05, 0.1) is 27.6 Å². The van der Waals surface area contributed by atoms with E-state index in [0.29, 0.717) is 16.1 Å². The van der Waals surface area contributed by atoms with Crippen molar-refractivity contribution in [2.75, 3.05) is 5.73 Å². The van der Waals surface area contributed by atoms with Gasteiger partial charge >= 0.3 is 0 Å². The summed E-state index contributed by atoms with van der Waals surface area (Å²) in [7, 11) is -1.33. The molecule has 18 heavy (non-hydrogen) atoms. The third-order valence-electron chi connectivity index (χ3n) is 2.28. The molecule has 0 aliphatic carbocycles. The quantitative estimate of drug-likeness (QED) is 0.881. The van der Waals surface area contributed by atoms with Crippen LogP contribution in [0.5, 0.6) is 0 Å². The van der Waals surface area contributed by atoms with Gasteiger partial charge in [0.2, 0.25) is 0 Å². The molecule has 1 unspecified atom stereocenters. The molecule has 2 aromatic rings. The van der Waals surface area contributed by atoms with Crippen LogP contribution in [0.1, 0.15) is 5.56 Å². The highest BCUT2D eigenvalue weighted by Crippen LogP contribution is 2.23. The summed E-state index contributed by atoms with van der Waals surface area (Å²) in [5.74, 6) is -0.252. The number of rotatable bonds is 3. The van der Waals surface area contributed by atoms with E-state index in [2.05, 4.69) is 20.9 Å². The first-order valence-electron chi connectivity index (χ1n) is 5.09. The van der Waals surface area contributed by atoms with E-state index in [4.69, 9.17) is 5.73 Å². The number of nitrogens with zero attached hydrogens (tertiary/aromatic N) is 1. The van der Waals surface area contributed by atoms with Crippen molar-refractivity contribution in [3.63, 3.8) is 0 Å². The Hall–Kier alpha value is -1.27. The molecule has 2 rings (SSSR count). The van der Waals surface area contributed by atoms with Gasteiger partial charge in [-0.2, -0.15) is 0 Å². The second kappa shape index (κ2) is 5.58. The molecule has 0 bridgehead atoms. The molecule has 1 atom stereocenters. The highest BCUT2D eigenvalue weighted by Gasteiger charge is 2.10. The Labute approximate surface area is 115 Å². The van der Waals surface area contributed by atoms with Gasteiger partial charge < -0.3 is 5.73 Å². The second-order valence-electron chi connectivity index (χ2n) is 3.68. The Morgan fingerprint density at radius 3 is 2.83 bits per heavy atom. The van der Waals surface area contributed by atoms with Crippen molar-refractivity contribution in [1.82, 2.24) is 4.98 Å². The van der Waals surface area contributed by atoms with Crippen LogP contribution in [0.25, 0.3) is 0 Å². The molecule has 3 nitrogen and oxygen atoms in total. The minimum absolute atomic E-state index is 0.186. The molecule has 1 heterocycles. The van der Waals surface area contributed by atoms with Crippen LogP contribution in [-0.4, -0.2) is 9.19 Å². The monoisotopic (exact) mass is 328 g/mol. The Kier molecular flexibility index (Phi) is 4.08. The highest BCUT2D eigenvalue weighted by molar-refractivity contribution is 9.10. The van der Waals surface area contributed by atoms with Gasteiger partial charge in [-0.15, -0.1) is 0 Å². The van der Waals surface area contributed by atoms with Crippen LogP contribution in [0, 0.1) is 5.82 Å². The molecule has 0 saturated heterocycles. The molecule has 0 spiro atoms. The fourth-order valence-electron chi connectivity index (χ4n) is 1.47. The molecule has 0 radical (unpaired) electrons. The molecule has 1 aromatic heterocycles. The predicted molar refractivity (Wildman–Crippen MR) is 72.9 cm³/mol. The van der Waals surface area contributed by atoms with Crippen molar-refractivity contribution in [3.8, 4) is 0 Å². The summed E-state index contributed by atoms with van der Waals surface area (Å²) in [4.78, 5) is 4.26. The number of hydrogen-bond donors (Lipinski definition) is 1. The third-order valence-corrected chi connectivity index (χ3v) is 4.21. The zero-order valence-electron chi connectivity index (χ0n) is 9.27. The van der Waals surface area contributed by atoms with Crippen LogP contribution >= 0.6 is 15.9 Å². The van der Waals surface area contributed by atoms with E-state index in [0.717, 1.165) is 10.7 Å². The SMILES string of the molecule is Nc1ccc(Br)cc1S(=O)Cc1cncc(F)c1. The van der Waals surface area contributed by atoms with Gasteiger partial charge in [0.25, 0.3) is 0 Å². The maximum absolute atomic E-state index is 13.0. The van der Waals surface area contributed by atoms with Crippen LogP contribution in [0.2, 0.25) is 0 Å². The Morgan fingerprint density at radius 1 is 1.33 bits per heavy atom. The van der Waals surface area contributed by atoms with Gasteiger partial charge in [0.15, 0.2) is 0 Å². The fraction of sp³-hybridized carbons (Fsp3) is 0.0833. The lowest BCUT2D eigenvalue weighted by molar-refractivity contribution is 0.619. The van der Waals surface area contributed by atoms with Crippen LogP contribution in [-0.2, 0) is 16.6 Å². The highest BCUT2D eigenvalue weighted by atomic mass is 79.9. The van der Waals surface area contributed by atoms with Crippen LogP contribution in [0.15, 0.2) is 46.0 Å². The maximum atomic E-state index is 13.0. The predicted octanol–water partition coefficient (Wildman–Crippen LogP) is 2.87. The van der Waals surface area contributed by atoms with Gasteiger partial charge in [0, 0.05) is 16.4 Å². The van der Waals surface area contributed by atoms with E-state index >= 15 is 0 Å². The van der Waals surface area contributed by atoms with E-state index in [9.17, 15) is 8.60 Å². The minimum Gasteiger partial charge on any atom is -0.398 e. The first-order chi connectivity index (χ1) is 8.56. The van der Waals surface area contributed by atoms with E-state index in [-0.39, 0.29) is 5.75 Å². The maximum Gasteiger partial charge on any atom is 0.141 e. The topological polar surface area (TPSA) is 56.0 Å². The first-order valence-corrected chi connectivity index (χ1v) is 7.20. The Balaban J connectivity index is 2.24. The number of benzene rings is 1. The summed E-state index contributed by atoms with van der Waals surface area (Å²) >= 11 is 3.30. The number of anilines is 1. The molecule has 0 fully saturated rings. The Morgan fingerprint density at radius 2 is 2.11 bits per heavy atom. The summed E-state index contributed by atoms with van der Waals surface area (Å²) < 4.78 is 25.9. The van der Waals surface area contributed by atoms with Crippen molar-refractivity contribution >= 4 is 32.4 Å². The molecule has 2 N–H and O–H groups in total. The summed E-state index contributed by atoms with van der Waals surface area (Å²) in [6.07, 6.45) is 2.61. The van der Waals surface area contributed by atoms with Crippen molar-refractivity contribution in [2.45, 2.75) is 10.6 Å². The first kappa shape index (κ1) is 13.2. The van der Waals surface area contributed by atoms with E-state index in [1.54, 1.807) is 18.2 Å². The van der Waals surface area contributed by atoms with Crippen molar-refractivity contribution in [3.05, 3.63) is 52.5 Å². The summed E-state index contributed by atoms with van der Waals surface area (Å²) in [5, 5.41) is 0. The number of nitrogen functional groups attached to an aromatic ring is 1. The molecular weight excluding hydrogens is 319 g/mol. The molecule has 94 valence electrons. The lowest BCUT2D eigenvalue weighted by Crippen LogP contribution is -2.01. The van der Waals surface area contributed by atoms with E-state index in [1.807, 2.05) is 0 Å². The number of aromatic nitrogens is 1. The lowest BCUT2D eigenvalue weighted by atomic mass is 10.3. The second-order valence-corrected chi connectivity index (χ2v) is 6.02. The van der Waals surface area contributed by atoms with Crippen molar-refractivity contribution in [1.29, 1.82) is 0 Å². The van der Waals surface area contributed by atoms with Crippen LogP contribution < -0.4 is 5.73 Å². The Bertz CT molecular complexity index is 606. The normalized spacial score (nSPS) is 12.3. The third kappa shape index (κ3) is 3.14. The summed E-state index contributed by atoms with van der Waals surface area (Å²) in [6.45, 7) is 0. The zero-order valence-corrected chi connectivity index (χ0v) is 11.7. The average molecular weight is 329 g/mol. The molecule has 0 aliphatic rings. The molecule has 1 aromatic carbocycles. The average Bonchev–Trinajstić information content (AvgIpc) is 2.32. The largest absolute Gasteiger partial charge is 0.398 e. The summed E-state index contributed by atoms with van der Waals surface area (Å²) in [5.41, 5.74) is 6.81. The van der Waals surface area contributed by atoms with Crippen LogP contribution in [0.3, 0.4) is 0 Å². The molecule has 6 heteroatoms.